The van der Waals surface area contributed by atoms with Gasteiger partial charge in [0.15, 0.2) is 6.61 Å². The summed E-state index contributed by atoms with van der Waals surface area (Å²) < 4.78 is 7.72. The SMILES string of the molecule is CNC(=O)[C@@H](C)N(Cc1ccc(Br)cc1)C(=O)COc1cc(C)c(Br)c(C)c1. The Bertz CT molecular complexity index is 830. The number of amides is 2. The van der Waals surface area contributed by atoms with Crippen LogP contribution in [0.5, 0.6) is 5.75 Å². The minimum Gasteiger partial charge on any atom is -0.484 e. The van der Waals surface area contributed by atoms with Gasteiger partial charge in [0, 0.05) is 22.5 Å². The first-order chi connectivity index (χ1) is 13.2. The first kappa shape index (κ1) is 22.4. The van der Waals surface area contributed by atoms with Crippen molar-refractivity contribution < 1.29 is 14.3 Å². The predicted molar refractivity (Wildman–Crippen MR) is 117 cm³/mol. The Labute approximate surface area is 182 Å². The number of carbonyl (C=O) groups excluding carboxylic acids is 2. The standard InChI is InChI=1S/C21H24Br2N2O3/c1-13-9-18(10-14(2)20(13)23)28-12-19(26)25(15(3)21(27)24-4)11-16-5-7-17(22)8-6-16/h5-10,15H,11-12H2,1-4H3,(H,24,27)/t15-/m1/s1. The molecule has 7 heteroatoms. The molecule has 0 bridgehead atoms. The smallest absolute Gasteiger partial charge is 0.261 e. The second kappa shape index (κ2) is 10.1. The molecule has 2 amide bonds. The number of hydrogen-bond acceptors (Lipinski definition) is 3. The third-order valence-electron chi connectivity index (χ3n) is 4.45. The lowest BCUT2D eigenvalue weighted by molar-refractivity contribution is -0.142. The van der Waals surface area contributed by atoms with Crippen molar-refractivity contribution in [2.45, 2.75) is 33.4 Å². The molecule has 0 saturated heterocycles. The molecule has 2 aromatic rings. The van der Waals surface area contributed by atoms with Crippen LogP contribution in [0, 0.1) is 13.8 Å². The minimum atomic E-state index is -0.613. The molecule has 0 aliphatic heterocycles. The molecule has 2 aromatic carbocycles. The molecule has 0 spiro atoms. The molecule has 1 atom stereocenters. The van der Waals surface area contributed by atoms with Crippen LogP contribution in [0.4, 0.5) is 0 Å². The van der Waals surface area contributed by atoms with Crippen LogP contribution < -0.4 is 10.1 Å². The average molecular weight is 512 g/mol. The summed E-state index contributed by atoms with van der Waals surface area (Å²) in [5.74, 6) is 0.153. The van der Waals surface area contributed by atoms with E-state index in [1.165, 1.54) is 4.90 Å². The molecule has 1 N–H and O–H groups in total. The van der Waals surface area contributed by atoms with Gasteiger partial charge in [-0.15, -0.1) is 0 Å². The fraction of sp³-hybridized carbons (Fsp3) is 0.333. The number of hydrogen-bond donors (Lipinski definition) is 1. The number of nitrogens with zero attached hydrogens (tertiary/aromatic N) is 1. The zero-order valence-corrected chi connectivity index (χ0v) is 19.6. The summed E-state index contributed by atoms with van der Waals surface area (Å²) >= 11 is 6.93. The molecule has 0 aliphatic carbocycles. The van der Waals surface area contributed by atoms with Gasteiger partial charge in [-0.25, -0.2) is 0 Å². The molecule has 0 aromatic heterocycles. The molecular formula is C21H24Br2N2O3. The highest BCUT2D eigenvalue weighted by Crippen LogP contribution is 2.26. The van der Waals surface area contributed by atoms with Crippen LogP contribution in [0.2, 0.25) is 0 Å². The van der Waals surface area contributed by atoms with E-state index in [0.29, 0.717) is 12.3 Å². The Morgan fingerprint density at radius 3 is 2.21 bits per heavy atom. The average Bonchev–Trinajstić information content (AvgIpc) is 2.68. The van der Waals surface area contributed by atoms with Gasteiger partial charge in [-0.1, -0.05) is 44.0 Å². The van der Waals surface area contributed by atoms with Gasteiger partial charge in [0.1, 0.15) is 11.8 Å². The van der Waals surface area contributed by atoms with E-state index in [9.17, 15) is 9.59 Å². The van der Waals surface area contributed by atoms with Crippen molar-refractivity contribution in [3.8, 4) is 5.75 Å². The van der Waals surface area contributed by atoms with Crippen LogP contribution in [0.1, 0.15) is 23.6 Å². The number of halogens is 2. The Hall–Kier alpha value is -1.86. The van der Waals surface area contributed by atoms with Crippen LogP contribution >= 0.6 is 31.9 Å². The van der Waals surface area contributed by atoms with Crippen LogP contribution in [0.25, 0.3) is 0 Å². The van der Waals surface area contributed by atoms with Gasteiger partial charge in [-0.05, 0) is 61.7 Å². The molecule has 0 saturated carbocycles. The first-order valence-corrected chi connectivity index (χ1v) is 10.5. The van der Waals surface area contributed by atoms with Crippen LogP contribution in [-0.2, 0) is 16.1 Å². The summed E-state index contributed by atoms with van der Waals surface area (Å²) in [5.41, 5.74) is 3.00. The van der Waals surface area contributed by atoms with Crippen LogP contribution in [-0.4, -0.2) is 36.4 Å². The van der Waals surface area contributed by atoms with Crippen LogP contribution in [0.15, 0.2) is 45.3 Å². The van der Waals surface area contributed by atoms with Crippen molar-refractivity contribution in [1.29, 1.82) is 0 Å². The van der Waals surface area contributed by atoms with E-state index in [-0.39, 0.29) is 18.4 Å². The summed E-state index contributed by atoms with van der Waals surface area (Å²) in [7, 11) is 1.56. The van der Waals surface area contributed by atoms with Crippen molar-refractivity contribution in [1.82, 2.24) is 10.2 Å². The number of likely N-dealkylation sites (N-methyl/N-ethyl adjacent to an activating group) is 1. The van der Waals surface area contributed by atoms with Gasteiger partial charge in [0.25, 0.3) is 5.91 Å². The van der Waals surface area contributed by atoms with E-state index >= 15 is 0 Å². The zero-order valence-electron chi connectivity index (χ0n) is 16.4. The van der Waals surface area contributed by atoms with Gasteiger partial charge >= 0.3 is 0 Å². The fourth-order valence-electron chi connectivity index (χ4n) is 2.80. The molecular weight excluding hydrogens is 488 g/mol. The molecule has 0 unspecified atom stereocenters. The predicted octanol–water partition coefficient (Wildman–Crippen LogP) is 4.37. The lowest BCUT2D eigenvalue weighted by Crippen LogP contribution is -2.48. The van der Waals surface area contributed by atoms with E-state index in [2.05, 4.69) is 37.2 Å². The minimum absolute atomic E-state index is 0.141. The number of ether oxygens (including phenoxy) is 1. The van der Waals surface area contributed by atoms with Crippen molar-refractivity contribution >= 4 is 43.7 Å². The van der Waals surface area contributed by atoms with Crippen molar-refractivity contribution in [2.24, 2.45) is 0 Å². The third kappa shape index (κ3) is 5.82. The van der Waals surface area contributed by atoms with Crippen molar-refractivity contribution in [3.63, 3.8) is 0 Å². The maximum Gasteiger partial charge on any atom is 0.261 e. The van der Waals surface area contributed by atoms with Gasteiger partial charge in [0.2, 0.25) is 5.91 Å². The summed E-state index contributed by atoms with van der Waals surface area (Å²) in [4.78, 5) is 26.6. The second-order valence-corrected chi connectivity index (χ2v) is 8.31. The highest BCUT2D eigenvalue weighted by atomic mass is 79.9. The quantitative estimate of drug-likeness (QED) is 0.600. The van der Waals surface area contributed by atoms with Gasteiger partial charge < -0.3 is 15.0 Å². The molecule has 2 rings (SSSR count). The van der Waals surface area contributed by atoms with Crippen molar-refractivity contribution in [3.05, 3.63) is 62.0 Å². The molecule has 0 radical (unpaired) electrons. The van der Waals surface area contributed by atoms with Gasteiger partial charge in [-0.2, -0.15) is 0 Å². The third-order valence-corrected chi connectivity index (χ3v) is 6.23. The van der Waals surface area contributed by atoms with E-state index in [0.717, 1.165) is 25.6 Å². The molecule has 5 nitrogen and oxygen atoms in total. The number of carbonyl (C=O) groups is 2. The fourth-order valence-corrected chi connectivity index (χ4v) is 3.29. The Balaban J connectivity index is 2.16. The summed E-state index contributed by atoms with van der Waals surface area (Å²) in [5, 5.41) is 2.60. The molecule has 0 heterocycles. The zero-order chi connectivity index (χ0) is 20.8. The molecule has 28 heavy (non-hydrogen) atoms. The maximum atomic E-state index is 12.9. The Morgan fingerprint density at radius 2 is 1.68 bits per heavy atom. The highest BCUT2D eigenvalue weighted by molar-refractivity contribution is 9.10. The first-order valence-electron chi connectivity index (χ1n) is 8.88. The Morgan fingerprint density at radius 1 is 1.11 bits per heavy atom. The summed E-state index contributed by atoms with van der Waals surface area (Å²) in [6.45, 7) is 5.84. The second-order valence-electron chi connectivity index (χ2n) is 6.60. The van der Waals surface area contributed by atoms with Crippen LogP contribution in [0.3, 0.4) is 0 Å². The monoisotopic (exact) mass is 510 g/mol. The Kier molecular flexibility index (Phi) is 8.07. The lowest BCUT2D eigenvalue weighted by Gasteiger charge is -2.28. The topological polar surface area (TPSA) is 58.6 Å². The van der Waals surface area contributed by atoms with E-state index < -0.39 is 6.04 Å². The molecule has 150 valence electrons. The van der Waals surface area contributed by atoms with Crippen molar-refractivity contribution in [2.75, 3.05) is 13.7 Å². The number of rotatable bonds is 7. The normalized spacial score (nSPS) is 11.6. The van der Waals surface area contributed by atoms with E-state index in [4.69, 9.17) is 4.74 Å². The number of aryl methyl sites for hydroxylation is 2. The largest absolute Gasteiger partial charge is 0.484 e. The van der Waals surface area contributed by atoms with Gasteiger partial charge in [-0.3, -0.25) is 9.59 Å². The number of benzene rings is 2. The van der Waals surface area contributed by atoms with Gasteiger partial charge in [0.05, 0.1) is 0 Å². The summed E-state index contributed by atoms with van der Waals surface area (Å²) in [6.07, 6.45) is 0. The number of nitrogens with one attached hydrogen (secondary N) is 1. The summed E-state index contributed by atoms with van der Waals surface area (Å²) in [6, 6.07) is 10.8. The molecule has 0 aliphatic rings. The maximum absolute atomic E-state index is 12.9. The lowest BCUT2D eigenvalue weighted by atomic mass is 10.1. The highest BCUT2D eigenvalue weighted by Gasteiger charge is 2.26. The van der Waals surface area contributed by atoms with E-state index in [1.807, 2.05) is 50.2 Å². The van der Waals surface area contributed by atoms with E-state index in [1.54, 1.807) is 14.0 Å². The molecule has 0 fully saturated rings.